The number of nitriles is 1. The molecule has 2 aliphatic rings. The highest BCUT2D eigenvalue weighted by Gasteiger charge is 2.20. The topological polar surface area (TPSA) is 59.3 Å². The number of piperazine rings is 1. The number of nitrogens with zero attached hydrogens (tertiary/aromatic N) is 6. The van der Waals surface area contributed by atoms with E-state index in [9.17, 15) is 0 Å². The van der Waals surface area contributed by atoms with Crippen LogP contribution in [0.15, 0.2) is 36.5 Å². The Labute approximate surface area is 154 Å². The molecule has 0 atom stereocenters. The molecule has 0 N–H and O–H groups in total. The molecule has 0 unspecified atom stereocenters. The van der Waals surface area contributed by atoms with Crippen LogP contribution in [0.3, 0.4) is 0 Å². The van der Waals surface area contributed by atoms with Crippen molar-refractivity contribution >= 4 is 17.5 Å². The lowest BCUT2D eigenvalue weighted by Gasteiger charge is -2.36. The van der Waals surface area contributed by atoms with Crippen molar-refractivity contribution in [2.75, 3.05) is 54.0 Å². The molecule has 26 heavy (non-hydrogen) atoms. The Morgan fingerprint density at radius 3 is 2.15 bits per heavy atom. The van der Waals surface area contributed by atoms with Crippen LogP contribution in [0.25, 0.3) is 0 Å². The van der Waals surface area contributed by atoms with Gasteiger partial charge in [-0.25, -0.2) is 4.98 Å². The minimum absolute atomic E-state index is 0.704. The number of hydrogen-bond acceptors (Lipinski definition) is 6. The molecular formula is C20H24N6. The van der Waals surface area contributed by atoms with Crippen molar-refractivity contribution in [2.45, 2.75) is 19.3 Å². The van der Waals surface area contributed by atoms with Gasteiger partial charge in [0.1, 0.15) is 5.82 Å². The highest BCUT2D eigenvalue weighted by atomic mass is 15.3. The molecule has 1 aromatic heterocycles. The van der Waals surface area contributed by atoms with Gasteiger partial charge in [-0.1, -0.05) is 0 Å². The van der Waals surface area contributed by atoms with Crippen LogP contribution in [0.5, 0.6) is 0 Å². The van der Waals surface area contributed by atoms with Crippen LogP contribution in [-0.4, -0.2) is 49.2 Å². The quantitative estimate of drug-likeness (QED) is 0.850. The van der Waals surface area contributed by atoms with Gasteiger partial charge in [-0.3, -0.25) is 0 Å². The summed E-state index contributed by atoms with van der Waals surface area (Å²) in [6, 6.07) is 12.0. The summed E-state index contributed by atoms with van der Waals surface area (Å²) in [5, 5.41) is 8.93. The van der Waals surface area contributed by atoms with Gasteiger partial charge in [-0.2, -0.15) is 10.2 Å². The molecule has 6 nitrogen and oxygen atoms in total. The largest absolute Gasteiger partial charge is 0.368 e. The van der Waals surface area contributed by atoms with Crippen molar-refractivity contribution in [1.82, 2.24) is 9.97 Å². The number of anilines is 3. The Bertz CT molecular complexity index is 768. The van der Waals surface area contributed by atoms with Crippen molar-refractivity contribution in [3.05, 3.63) is 42.1 Å². The molecule has 1 aromatic carbocycles. The second-order valence-electron chi connectivity index (χ2n) is 6.90. The second kappa shape index (κ2) is 7.61. The van der Waals surface area contributed by atoms with Gasteiger partial charge in [0.2, 0.25) is 5.95 Å². The molecule has 0 aliphatic carbocycles. The van der Waals surface area contributed by atoms with E-state index in [-0.39, 0.29) is 0 Å². The lowest BCUT2D eigenvalue weighted by atomic mass is 10.1. The molecule has 0 radical (unpaired) electrons. The lowest BCUT2D eigenvalue weighted by Crippen LogP contribution is -2.47. The fraction of sp³-hybridized carbons (Fsp3) is 0.450. The molecule has 2 aliphatic heterocycles. The Kier molecular flexibility index (Phi) is 4.87. The van der Waals surface area contributed by atoms with Gasteiger partial charge < -0.3 is 14.7 Å². The molecule has 6 heteroatoms. The molecule has 0 amide bonds. The zero-order valence-corrected chi connectivity index (χ0v) is 15.0. The van der Waals surface area contributed by atoms with E-state index in [1.165, 1.54) is 24.9 Å². The molecule has 2 fully saturated rings. The predicted molar refractivity (Wildman–Crippen MR) is 104 cm³/mol. The van der Waals surface area contributed by atoms with E-state index in [0.29, 0.717) is 5.56 Å². The van der Waals surface area contributed by atoms with Crippen LogP contribution in [0.4, 0.5) is 17.5 Å². The molecule has 2 aromatic rings. The average molecular weight is 348 g/mol. The summed E-state index contributed by atoms with van der Waals surface area (Å²) in [4.78, 5) is 16.3. The fourth-order valence-electron chi connectivity index (χ4n) is 3.70. The summed E-state index contributed by atoms with van der Waals surface area (Å²) in [6.07, 6.45) is 5.72. The predicted octanol–water partition coefficient (Wildman–Crippen LogP) is 2.67. The fourth-order valence-corrected chi connectivity index (χ4v) is 3.70. The first-order chi connectivity index (χ1) is 12.8. The summed E-state index contributed by atoms with van der Waals surface area (Å²) >= 11 is 0. The van der Waals surface area contributed by atoms with E-state index >= 15 is 0 Å². The van der Waals surface area contributed by atoms with Gasteiger partial charge in [0.25, 0.3) is 0 Å². The van der Waals surface area contributed by atoms with Gasteiger partial charge >= 0.3 is 0 Å². The third kappa shape index (κ3) is 3.57. The SMILES string of the molecule is N#Cc1ccc(N2CCN(c3nccc(N4CCCCC4)n3)CC2)cc1. The van der Waals surface area contributed by atoms with Gasteiger partial charge in [0.15, 0.2) is 0 Å². The van der Waals surface area contributed by atoms with Crippen LogP contribution < -0.4 is 14.7 Å². The minimum Gasteiger partial charge on any atom is -0.368 e. The molecular weight excluding hydrogens is 324 g/mol. The number of rotatable bonds is 3. The van der Waals surface area contributed by atoms with Crippen molar-refractivity contribution in [3.8, 4) is 6.07 Å². The number of benzene rings is 1. The van der Waals surface area contributed by atoms with E-state index in [1.54, 1.807) is 0 Å². The minimum atomic E-state index is 0.704. The van der Waals surface area contributed by atoms with Crippen molar-refractivity contribution in [2.24, 2.45) is 0 Å². The van der Waals surface area contributed by atoms with E-state index in [4.69, 9.17) is 10.2 Å². The summed E-state index contributed by atoms with van der Waals surface area (Å²) in [5.74, 6) is 1.90. The summed E-state index contributed by atoms with van der Waals surface area (Å²) in [7, 11) is 0. The molecule has 2 saturated heterocycles. The smallest absolute Gasteiger partial charge is 0.227 e. The molecule has 3 heterocycles. The zero-order valence-electron chi connectivity index (χ0n) is 15.0. The average Bonchev–Trinajstić information content (AvgIpc) is 2.75. The van der Waals surface area contributed by atoms with Gasteiger partial charge in [-0.05, 0) is 49.6 Å². The Morgan fingerprint density at radius 2 is 1.46 bits per heavy atom. The summed E-state index contributed by atoms with van der Waals surface area (Å²) < 4.78 is 0. The molecule has 134 valence electrons. The first-order valence-corrected chi connectivity index (χ1v) is 9.41. The third-order valence-electron chi connectivity index (χ3n) is 5.23. The zero-order chi connectivity index (χ0) is 17.8. The number of aromatic nitrogens is 2. The van der Waals surface area contributed by atoms with E-state index in [1.807, 2.05) is 36.5 Å². The number of piperidine rings is 1. The highest BCUT2D eigenvalue weighted by molar-refractivity contribution is 5.52. The van der Waals surface area contributed by atoms with Gasteiger partial charge in [0.05, 0.1) is 11.6 Å². The van der Waals surface area contributed by atoms with Crippen LogP contribution in [-0.2, 0) is 0 Å². The van der Waals surface area contributed by atoms with Gasteiger partial charge in [-0.15, -0.1) is 0 Å². The second-order valence-corrected chi connectivity index (χ2v) is 6.90. The maximum atomic E-state index is 8.93. The summed E-state index contributed by atoms with van der Waals surface area (Å²) in [6.45, 7) is 5.88. The van der Waals surface area contributed by atoms with Crippen LogP contribution >= 0.6 is 0 Å². The van der Waals surface area contributed by atoms with Crippen LogP contribution in [0.2, 0.25) is 0 Å². The monoisotopic (exact) mass is 348 g/mol. The van der Waals surface area contributed by atoms with E-state index in [0.717, 1.165) is 51.0 Å². The lowest BCUT2D eigenvalue weighted by molar-refractivity contribution is 0.571. The van der Waals surface area contributed by atoms with E-state index < -0.39 is 0 Å². The molecule has 4 rings (SSSR count). The maximum Gasteiger partial charge on any atom is 0.227 e. The first-order valence-electron chi connectivity index (χ1n) is 9.41. The normalized spacial score (nSPS) is 17.9. The van der Waals surface area contributed by atoms with E-state index in [2.05, 4.69) is 25.8 Å². The standard InChI is InChI=1S/C20H24N6/c21-16-17-4-6-18(7-5-17)24-12-14-26(15-13-24)20-22-9-8-19(23-20)25-10-2-1-3-11-25/h4-9H,1-3,10-15H2. The highest BCUT2D eigenvalue weighted by Crippen LogP contribution is 2.22. The third-order valence-corrected chi connectivity index (χ3v) is 5.23. The summed E-state index contributed by atoms with van der Waals surface area (Å²) in [5.41, 5.74) is 1.88. The Balaban J connectivity index is 1.40. The maximum absolute atomic E-state index is 8.93. The Hall–Kier alpha value is -2.81. The van der Waals surface area contributed by atoms with Crippen LogP contribution in [0.1, 0.15) is 24.8 Å². The van der Waals surface area contributed by atoms with Crippen LogP contribution in [0, 0.1) is 11.3 Å². The van der Waals surface area contributed by atoms with Gasteiger partial charge in [0, 0.05) is 51.2 Å². The van der Waals surface area contributed by atoms with Crippen molar-refractivity contribution in [3.63, 3.8) is 0 Å². The number of hydrogen-bond donors (Lipinski definition) is 0. The first kappa shape index (κ1) is 16.6. The Morgan fingerprint density at radius 1 is 0.769 bits per heavy atom. The molecule has 0 spiro atoms. The molecule has 0 bridgehead atoms. The van der Waals surface area contributed by atoms with Crippen molar-refractivity contribution in [1.29, 1.82) is 5.26 Å². The van der Waals surface area contributed by atoms with Crippen molar-refractivity contribution < 1.29 is 0 Å². The molecule has 0 saturated carbocycles.